The van der Waals surface area contributed by atoms with E-state index in [2.05, 4.69) is 5.32 Å². The van der Waals surface area contributed by atoms with E-state index < -0.39 is 18.1 Å². The third kappa shape index (κ3) is 6.52. The number of nitrogens with two attached hydrogens (primary N) is 1. The van der Waals surface area contributed by atoms with E-state index in [1.807, 2.05) is 17.2 Å². The number of esters is 1. The Balaban J connectivity index is 2.07. The van der Waals surface area contributed by atoms with Gasteiger partial charge in [-0.25, -0.2) is 9.59 Å². The highest BCUT2D eigenvalue weighted by Crippen LogP contribution is 2.26. The summed E-state index contributed by atoms with van der Waals surface area (Å²) >= 11 is 7.69. The molecule has 1 heterocycles. The molecule has 1 saturated heterocycles. The van der Waals surface area contributed by atoms with Crippen LogP contribution in [-0.4, -0.2) is 79.0 Å². The molecule has 8 nitrogen and oxygen atoms in total. The first-order valence-corrected chi connectivity index (χ1v) is 11.1. The number of nitrogens with one attached hydrogen (secondary N) is 1. The van der Waals surface area contributed by atoms with Crippen LogP contribution in [0.3, 0.4) is 0 Å². The maximum absolute atomic E-state index is 12.8. The number of rotatable bonds is 8. The molecule has 0 aliphatic carbocycles. The molecule has 1 aromatic carbocycles. The van der Waals surface area contributed by atoms with Crippen molar-refractivity contribution in [1.29, 1.82) is 0 Å². The molecule has 0 aromatic heterocycles. The van der Waals surface area contributed by atoms with Gasteiger partial charge in [-0.3, -0.25) is 9.69 Å². The molecule has 0 radical (unpaired) electrons. The Hall–Kier alpha value is -1.97. The molecule has 2 atom stereocenters. The van der Waals surface area contributed by atoms with Crippen molar-refractivity contribution in [1.82, 2.24) is 15.1 Å². The largest absolute Gasteiger partial charge is 0.468 e. The van der Waals surface area contributed by atoms with Crippen LogP contribution >= 0.6 is 23.4 Å². The van der Waals surface area contributed by atoms with Crippen molar-refractivity contribution < 1.29 is 19.1 Å². The molecule has 0 spiro atoms. The molecule has 0 unspecified atom stereocenters. The van der Waals surface area contributed by atoms with Crippen LogP contribution in [0.25, 0.3) is 0 Å². The average Bonchev–Trinajstić information content (AvgIpc) is 2.71. The number of carbonyl (C=O) groups excluding carboxylic acids is 3. The lowest BCUT2D eigenvalue weighted by atomic mass is 10.0. The number of thioether (sulfide) groups is 1. The van der Waals surface area contributed by atoms with Crippen LogP contribution in [-0.2, 0) is 14.3 Å². The fourth-order valence-corrected chi connectivity index (χ4v) is 4.04. The molecule has 1 fully saturated rings. The highest BCUT2D eigenvalue weighted by atomic mass is 35.5. The molecule has 3 amide bonds. The molecule has 160 valence electrons. The van der Waals surface area contributed by atoms with Crippen LogP contribution in [0.15, 0.2) is 24.3 Å². The Morgan fingerprint density at radius 2 is 1.97 bits per heavy atom. The van der Waals surface area contributed by atoms with Crippen LogP contribution in [0, 0.1) is 0 Å². The standard InChI is InChI=1S/C19H27ClN4O4S/c1-28-18(26)16(13-4-3-5-14(20)12-13)23-7-9-24(10-8-23)17(25)15(6-11-29-2)22-19(21)27/h3-5,12,15-16H,6-11H2,1-2H3,(H3,21,22,27)/t15-,16+/m1/s1. The monoisotopic (exact) mass is 442 g/mol. The van der Waals surface area contributed by atoms with Gasteiger partial charge in [-0.15, -0.1) is 0 Å². The van der Waals surface area contributed by atoms with E-state index in [1.165, 1.54) is 7.11 Å². The maximum atomic E-state index is 12.8. The molecular formula is C19H27ClN4O4S. The second-order valence-electron chi connectivity index (χ2n) is 6.68. The van der Waals surface area contributed by atoms with Crippen molar-refractivity contribution in [3.8, 4) is 0 Å². The summed E-state index contributed by atoms with van der Waals surface area (Å²) in [6.07, 6.45) is 2.45. The number of nitrogens with zero attached hydrogens (tertiary/aromatic N) is 2. The second-order valence-corrected chi connectivity index (χ2v) is 8.11. The van der Waals surface area contributed by atoms with Gasteiger partial charge in [0.05, 0.1) is 7.11 Å². The summed E-state index contributed by atoms with van der Waals surface area (Å²) in [5.41, 5.74) is 5.97. The van der Waals surface area contributed by atoms with Gasteiger partial charge in [-0.05, 0) is 36.1 Å². The highest BCUT2D eigenvalue weighted by molar-refractivity contribution is 7.98. The lowest BCUT2D eigenvalue weighted by molar-refractivity contribution is -0.148. The Morgan fingerprint density at radius 1 is 1.28 bits per heavy atom. The van der Waals surface area contributed by atoms with E-state index in [4.69, 9.17) is 22.1 Å². The number of hydrogen-bond donors (Lipinski definition) is 2. The predicted octanol–water partition coefficient (Wildman–Crippen LogP) is 1.49. The van der Waals surface area contributed by atoms with Crippen molar-refractivity contribution in [3.63, 3.8) is 0 Å². The zero-order valence-electron chi connectivity index (χ0n) is 16.6. The zero-order chi connectivity index (χ0) is 21.4. The molecule has 0 saturated carbocycles. The lowest BCUT2D eigenvalue weighted by Gasteiger charge is -2.39. The van der Waals surface area contributed by atoms with Gasteiger partial charge in [-0.1, -0.05) is 23.7 Å². The number of ether oxygens (including phenoxy) is 1. The summed E-state index contributed by atoms with van der Waals surface area (Å²) < 4.78 is 4.99. The lowest BCUT2D eigenvalue weighted by Crippen LogP contribution is -2.56. The molecule has 1 aliphatic rings. The summed E-state index contributed by atoms with van der Waals surface area (Å²) in [5, 5.41) is 3.08. The number of methoxy groups -OCH3 is 1. The minimum atomic E-state index is -0.713. The first-order chi connectivity index (χ1) is 13.9. The molecule has 1 aliphatic heterocycles. The number of hydrogen-bond acceptors (Lipinski definition) is 6. The number of piperazine rings is 1. The van der Waals surface area contributed by atoms with Crippen molar-refractivity contribution in [2.24, 2.45) is 5.73 Å². The third-order valence-electron chi connectivity index (χ3n) is 4.81. The summed E-state index contributed by atoms with van der Waals surface area (Å²) in [5.74, 6) is 0.200. The predicted molar refractivity (Wildman–Crippen MR) is 114 cm³/mol. The van der Waals surface area contributed by atoms with E-state index in [0.29, 0.717) is 37.6 Å². The Labute approximate surface area is 180 Å². The van der Waals surface area contributed by atoms with E-state index >= 15 is 0 Å². The zero-order valence-corrected chi connectivity index (χ0v) is 18.2. The minimum Gasteiger partial charge on any atom is -0.468 e. The van der Waals surface area contributed by atoms with Gasteiger partial charge < -0.3 is 20.7 Å². The number of primary amides is 1. The van der Waals surface area contributed by atoms with Crippen LogP contribution in [0.1, 0.15) is 18.0 Å². The van der Waals surface area contributed by atoms with Crippen molar-refractivity contribution >= 4 is 41.3 Å². The molecule has 2 rings (SSSR count). The topological polar surface area (TPSA) is 105 Å². The van der Waals surface area contributed by atoms with Gasteiger partial charge >= 0.3 is 12.0 Å². The van der Waals surface area contributed by atoms with Crippen molar-refractivity contribution in [2.75, 3.05) is 45.3 Å². The third-order valence-corrected chi connectivity index (χ3v) is 5.68. The van der Waals surface area contributed by atoms with Gasteiger partial charge in [0.25, 0.3) is 0 Å². The fourth-order valence-electron chi connectivity index (χ4n) is 3.37. The van der Waals surface area contributed by atoms with Crippen LogP contribution in [0.5, 0.6) is 0 Å². The number of benzene rings is 1. The van der Waals surface area contributed by atoms with Crippen molar-refractivity contribution in [3.05, 3.63) is 34.9 Å². The fraction of sp³-hybridized carbons (Fsp3) is 0.526. The summed E-state index contributed by atoms with van der Waals surface area (Å²) in [4.78, 5) is 40.2. The molecule has 29 heavy (non-hydrogen) atoms. The molecule has 3 N–H and O–H groups in total. The number of amides is 3. The maximum Gasteiger partial charge on any atom is 0.327 e. The van der Waals surface area contributed by atoms with Gasteiger partial charge in [0.1, 0.15) is 12.1 Å². The SMILES string of the molecule is COC(=O)[C@H](c1cccc(Cl)c1)N1CCN(C(=O)[C@@H](CCSC)NC(N)=O)CC1. The van der Waals surface area contributed by atoms with Gasteiger partial charge in [0, 0.05) is 31.2 Å². The summed E-state index contributed by atoms with van der Waals surface area (Å²) in [6.45, 7) is 1.85. The highest BCUT2D eigenvalue weighted by Gasteiger charge is 2.34. The first kappa shape index (κ1) is 23.3. The smallest absolute Gasteiger partial charge is 0.327 e. The Bertz CT molecular complexity index is 728. The molecule has 10 heteroatoms. The molecule has 1 aromatic rings. The number of urea groups is 1. The van der Waals surface area contributed by atoms with Crippen LogP contribution in [0.4, 0.5) is 4.79 Å². The van der Waals surface area contributed by atoms with Gasteiger partial charge in [-0.2, -0.15) is 11.8 Å². The average molecular weight is 443 g/mol. The minimum absolute atomic E-state index is 0.158. The molecular weight excluding hydrogens is 416 g/mol. The van der Waals surface area contributed by atoms with E-state index in [1.54, 1.807) is 34.9 Å². The van der Waals surface area contributed by atoms with Gasteiger partial charge in [0.2, 0.25) is 5.91 Å². The van der Waals surface area contributed by atoms with Crippen LogP contribution in [0.2, 0.25) is 5.02 Å². The summed E-state index contributed by atoms with van der Waals surface area (Å²) in [7, 11) is 1.35. The molecule has 0 bridgehead atoms. The second kappa shape index (κ2) is 11.3. The van der Waals surface area contributed by atoms with E-state index in [9.17, 15) is 14.4 Å². The van der Waals surface area contributed by atoms with E-state index in [0.717, 1.165) is 11.3 Å². The number of halogens is 1. The van der Waals surface area contributed by atoms with Crippen molar-refractivity contribution in [2.45, 2.75) is 18.5 Å². The first-order valence-electron chi connectivity index (χ1n) is 9.28. The summed E-state index contributed by atoms with van der Waals surface area (Å²) in [6, 6.07) is 5.17. The number of carbonyl (C=O) groups is 3. The van der Waals surface area contributed by atoms with Crippen LogP contribution < -0.4 is 11.1 Å². The quantitative estimate of drug-likeness (QED) is 0.591. The Morgan fingerprint density at radius 3 is 2.52 bits per heavy atom. The van der Waals surface area contributed by atoms with Gasteiger partial charge in [0.15, 0.2) is 0 Å². The Kier molecular flexibility index (Phi) is 9.06. The normalized spacial score (nSPS) is 16.7. The van der Waals surface area contributed by atoms with E-state index in [-0.39, 0.29) is 11.9 Å².